The molecule has 1 aliphatic rings. The van der Waals surface area contributed by atoms with Crippen LogP contribution in [0.15, 0.2) is 66.0 Å². The number of methoxy groups -OCH3 is 2. The minimum absolute atomic E-state index is 0.0617. The lowest BCUT2D eigenvalue weighted by molar-refractivity contribution is -0.119. The second-order valence-corrected chi connectivity index (χ2v) is 13.2. The molecular weight excluding hydrogens is 589 g/mol. The second kappa shape index (κ2) is 15.9. The van der Waals surface area contributed by atoms with Gasteiger partial charge in [-0.15, -0.1) is 10.2 Å². The molecule has 15 heteroatoms. The number of nitrogens with zero attached hydrogens (tertiary/aromatic N) is 3. The molecule has 1 aromatic carbocycles. The monoisotopic (exact) mass is 620 g/mol. The van der Waals surface area contributed by atoms with Gasteiger partial charge in [-0.05, 0) is 35.8 Å². The molecule has 1 unspecified atom stereocenters. The van der Waals surface area contributed by atoms with Crippen molar-refractivity contribution < 1.29 is 27.5 Å². The van der Waals surface area contributed by atoms with E-state index in [-0.39, 0.29) is 48.0 Å². The van der Waals surface area contributed by atoms with E-state index in [1.807, 2.05) is 0 Å². The summed E-state index contributed by atoms with van der Waals surface area (Å²) in [7, 11) is -0.285. The Bertz CT molecular complexity index is 1400. The van der Waals surface area contributed by atoms with E-state index in [1.165, 1.54) is 25.1 Å². The van der Waals surface area contributed by atoms with Crippen LogP contribution in [0.4, 0.5) is 5.13 Å². The number of aryl methyl sites for hydroxylation is 1. The Kier molecular flexibility index (Phi) is 12.4. The van der Waals surface area contributed by atoms with Crippen LogP contribution >= 0.6 is 23.1 Å². The van der Waals surface area contributed by atoms with Crippen LogP contribution in [0.2, 0.25) is 0 Å². The molecule has 12 nitrogen and oxygen atoms in total. The van der Waals surface area contributed by atoms with Crippen molar-refractivity contribution in [1.82, 2.24) is 20.9 Å². The summed E-state index contributed by atoms with van der Waals surface area (Å²) in [6.07, 6.45) is 7.21. The van der Waals surface area contributed by atoms with Gasteiger partial charge < -0.3 is 20.1 Å². The summed E-state index contributed by atoms with van der Waals surface area (Å²) in [5.74, 6) is 0.0286. The molecule has 0 spiro atoms. The van der Waals surface area contributed by atoms with Gasteiger partial charge in [0.2, 0.25) is 16.9 Å². The number of amides is 2. The SMILES string of the molecule is C=C/C(=C\C=C\OC)CC(=O)NC1=NNC(CCS(=O)(=O)CCc2nnc(NC(=O)Cc3ccc(OC)cc3)s2)S1. The molecule has 41 heavy (non-hydrogen) atoms. The molecule has 2 aromatic rings. The smallest absolute Gasteiger partial charge is 0.230 e. The van der Waals surface area contributed by atoms with Gasteiger partial charge in [-0.25, -0.2) is 8.42 Å². The van der Waals surface area contributed by atoms with Crippen LogP contribution in [0.3, 0.4) is 0 Å². The zero-order valence-corrected chi connectivity index (χ0v) is 25.1. The fourth-order valence-corrected chi connectivity index (χ4v) is 6.64. The van der Waals surface area contributed by atoms with E-state index < -0.39 is 9.84 Å². The molecule has 2 heterocycles. The standard InChI is InChI=1S/C26H32N6O6S3/c1-4-18(6-5-13-37-2)16-21(33)27-25-31-29-23(39-25)11-14-41(35,36)15-12-24-30-32-26(40-24)28-22(34)17-19-7-9-20(38-3)10-8-19/h4-10,13,23,29H,1,11-12,14-17H2,2-3H3,(H,27,31,33)(H,28,32,34)/b13-5+,18-6+. The molecule has 1 atom stereocenters. The number of rotatable bonds is 15. The molecule has 0 saturated carbocycles. The first kappa shape index (κ1) is 31.8. The highest BCUT2D eigenvalue weighted by atomic mass is 32.2. The maximum atomic E-state index is 12.6. The average molecular weight is 621 g/mol. The number of aromatic nitrogens is 2. The van der Waals surface area contributed by atoms with Crippen LogP contribution in [0.25, 0.3) is 0 Å². The average Bonchev–Trinajstić information content (AvgIpc) is 3.60. The first-order chi connectivity index (χ1) is 19.7. The lowest BCUT2D eigenvalue weighted by Crippen LogP contribution is -2.27. The topological polar surface area (TPSA) is 161 Å². The maximum absolute atomic E-state index is 12.6. The van der Waals surface area contributed by atoms with Gasteiger partial charge in [-0.3, -0.25) is 15.0 Å². The Hall–Kier alpha value is -3.69. The van der Waals surface area contributed by atoms with E-state index in [0.29, 0.717) is 33.1 Å². The minimum Gasteiger partial charge on any atom is -0.504 e. The van der Waals surface area contributed by atoms with Crippen molar-refractivity contribution >= 4 is 55.0 Å². The number of allylic oxidation sites excluding steroid dienone is 3. The zero-order chi connectivity index (χ0) is 29.7. The van der Waals surface area contributed by atoms with Crippen LogP contribution in [0.1, 0.15) is 23.4 Å². The van der Waals surface area contributed by atoms with Gasteiger partial charge in [0, 0.05) is 6.42 Å². The minimum atomic E-state index is -3.38. The van der Waals surface area contributed by atoms with E-state index in [2.05, 4.69) is 37.9 Å². The maximum Gasteiger partial charge on any atom is 0.230 e. The lowest BCUT2D eigenvalue weighted by atomic mass is 10.1. The Balaban J connectivity index is 1.37. The number of hydrazone groups is 1. The van der Waals surface area contributed by atoms with Crippen LogP contribution in [-0.4, -0.2) is 66.7 Å². The summed E-state index contributed by atoms with van der Waals surface area (Å²) < 4.78 is 35.2. The van der Waals surface area contributed by atoms with Crippen molar-refractivity contribution in [1.29, 1.82) is 0 Å². The molecule has 3 N–H and O–H groups in total. The third kappa shape index (κ3) is 11.4. The number of thioether (sulfide) groups is 1. The lowest BCUT2D eigenvalue weighted by Gasteiger charge is -2.09. The van der Waals surface area contributed by atoms with Crippen molar-refractivity contribution in [3.05, 3.63) is 71.5 Å². The second-order valence-electron chi connectivity index (χ2n) is 8.65. The predicted octanol–water partition coefficient (Wildman–Crippen LogP) is 2.79. The van der Waals surface area contributed by atoms with E-state index in [1.54, 1.807) is 49.6 Å². The number of hydrogen-bond donors (Lipinski definition) is 3. The fourth-order valence-electron chi connectivity index (χ4n) is 3.42. The Labute approximate surface area is 247 Å². The number of amidine groups is 1. The molecule has 0 saturated heterocycles. The van der Waals surface area contributed by atoms with Crippen molar-refractivity contribution in [2.24, 2.45) is 5.10 Å². The molecule has 0 bridgehead atoms. The number of hydrogen-bond acceptors (Lipinski definition) is 12. The highest BCUT2D eigenvalue weighted by Crippen LogP contribution is 2.21. The summed E-state index contributed by atoms with van der Waals surface area (Å²) in [6, 6.07) is 7.16. The van der Waals surface area contributed by atoms with E-state index in [4.69, 9.17) is 9.47 Å². The van der Waals surface area contributed by atoms with Crippen LogP contribution in [0, 0.1) is 0 Å². The third-order valence-corrected chi connectivity index (χ3v) is 9.14. The molecule has 0 radical (unpaired) electrons. The van der Waals surface area contributed by atoms with Crippen LogP contribution in [0.5, 0.6) is 5.75 Å². The Morgan fingerprint density at radius 2 is 1.90 bits per heavy atom. The van der Waals surface area contributed by atoms with Gasteiger partial charge in [-0.2, -0.15) is 5.10 Å². The normalized spacial score (nSPS) is 15.2. The largest absolute Gasteiger partial charge is 0.504 e. The van der Waals surface area contributed by atoms with E-state index in [9.17, 15) is 18.0 Å². The number of benzene rings is 1. The van der Waals surface area contributed by atoms with Crippen LogP contribution < -0.4 is 20.8 Å². The molecule has 1 aliphatic heterocycles. The Morgan fingerprint density at radius 1 is 1.12 bits per heavy atom. The summed E-state index contributed by atoms with van der Waals surface area (Å²) >= 11 is 2.40. The van der Waals surface area contributed by atoms with Crippen molar-refractivity contribution in [3.8, 4) is 5.75 Å². The van der Waals surface area contributed by atoms with Crippen molar-refractivity contribution in [3.63, 3.8) is 0 Å². The molecule has 3 rings (SSSR count). The van der Waals surface area contributed by atoms with E-state index >= 15 is 0 Å². The number of ether oxygens (including phenoxy) is 2. The number of anilines is 1. The Morgan fingerprint density at radius 3 is 2.61 bits per heavy atom. The molecule has 2 amide bonds. The summed E-state index contributed by atoms with van der Waals surface area (Å²) in [4.78, 5) is 24.6. The fraction of sp³-hybridized carbons (Fsp3) is 0.346. The number of carbonyl (C=O) groups is 2. The van der Waals surface area contributed by atoms with Gasteiger partial charge in [-0.1, -0.05) is 54.0 Å². The highest BCUT2D eigenvalue weighted by Gasteiger charge is 2.24. The van der Waals surface area contributed by atoms with Crippen LogP contribution in [-0.2, 0) is 37.0 Å². The third-order valence-electron chi connectivity index (χ3n) is 5.52. The number of sulfone groups is 1. The highest BCUT2D eigenvalue weighted by molar-refractivity contribution is 8.14. The van der Waals surface area contributed by atoms with Crippen molar-refractivity contribution in [2.75, 3.05) is 31.0 Å². The van der Waals surface area contributed by atoms with Gasteiger partial charge in [0.25, 0.3) is 0 Å². The number of carbonyl (C=O) groups excluding carboxylic acids is 2. The van der Waals surface area contributed by atoms with Crippen molar-refractivity contribution in [2.45, 2.75) is 31.1 Å². The first-order valence-corrected chi connectivity index (χ1v) is 16.0. The first-order valence-electron chi connectivity index (χ1n) is 12.5. The van der Waals surface area contributed by atoms with E-state index in [0.717, 1.165) is 16.9 Å². The molecule has 0 aliphatic carbocycles. The zero-order valence-electron chi connectivity index (χ0n) is 22.7. The molecule has 0 fully saturated rings. The van der Waals surface area contributed by atoms with Gasteiger partial charge >= 0.3 is 0 Å². The molecule has 220 valence electrons. The van der Waals surface area contributed by atoms with Gasteiger partial charge in [0.15, 0.2) is 15.0 Å². The molecular formula is C26H32N6O6S3. The number of nitrogens with one attached hydrogen (secondary N) is 3. The summed E-state index contributed by atoms with van der Waals surface area (Å²) in [5, 5.41) is 18.4. The predicted molar refractivity (Wildman–Crippen MR) is 161 cm³/mol. The quantitative estimate of drug-likeness (QED) is 0.199. The summed E-state index contributed by atoms with van der Waals surface area (Å²) in [5.41, 5.74) is 4.38. The summed E-state index contributed by atoms with van der Waals surface area (Å²) in [6.45, 7) is 3.69. The molecule has 1 aromatic heterocycles. The van der Waals surface area contributed by atoms with Gasteiger partial charge in [0.05, 0.1) is 50.2 Å². The van der Waals surface area contributed by atoms with Gasteiger partial charge in [0.1, 0.15) is 10.8 Å².